The van der Waals surface area contributed by atoms with Gasteiger partial charge in [0.2, 0.25) is 0 Å². The van der Waals surface area contributed by atoms with Crippen molar-refractivity contribution in [3.05, 3.63) is 65.7 Å². The SMILES string of the molecule is CO[C@@H]1CCC[C@@]12CCCN(Cc1ccccc1OCc1ccccc1)C2.O=CO. The average Bonchev–Trinajstić information content (AvgIpc) is 3.16. The monoisotopic (exact) mass is 411 g/mol. The van der Waals surface area contributed by atoms with Crippen molar-refractivity contribution in [2.45, 2.75) is 51.4 Å². The molecule has 0 bridgehead atoms. The number of para-hydroxylation sites is 1. The Morgan fingerprint density at radius 2 is 1.80 bits per heavy atom. The number of carboxylic acid groups (broad SMARTS) is 1. The minimum Gasteiger partial charge on any atom is -0.489 e. The van der Waals surface area contributed by atoms with Crippen molar-refractivity contribution in [2.75, 3.05) is 20.2 Å². The van der Waals surface area contributed by atoms with Crippen molar-refractivity contribution in [3.8, 4) is 5.75 Å². The highest BCUT2D eigenvalue weighted by Crippen LogP contribution is 2.46. The van der Waals surface area contributed by atoms with E-state index in [1.54, 1.807) is 0 Å². The zero-order valence-corrected chi connectivity index (χ0v) is 17.8. The van der Waals surface area contributed by atoms with Crippen LogP contribution < -0.4 is 4.74 Å². The van der Waals surface area contributed by atoms with E-state index >= 15 is 0 Å². The minimum atomic E-state index is -0.250. The molecular formula is C25H33NO4. The second kappa shape index (κ2) is 11.1. The van der Waals surface area contributed by atoms with Crippen molar-refractivity contribution in [1.29, 1.82) is 0 Å². The molecule has 1 N–H and O–H groups in total. The number of rotatable bonds is 6. The Morgan fingerprint density at radius 3 is 2.57 bits per heavy atom. The molecule has 2 aromatic carbocycles. The van der Waals surface area contributed by atoms with Gasteiger partial charge < -0.3 is 14.6 Å². The highest BCUT2D eigenvalue weighted by molar-refractivity contribution is 5.34. The number of hydrogen-bond acceptors (Lipinski definition) is 4. The average molecular weight is 412 g/mol. The van der Waals surface area contributed by atoms with Crippen LogP contribution in [0.2, 0.25) is 0 Å². The van der Waals surface area contributed by atoms with Gasteiger partial charge in [0.25, 0.3) is 6.47 Å². The van der Waals surface area contributed by atoms with E-state index in [2.05, 4.69) is 53.4 Å². The summed E-state index contributed by atoms with van der Waals surface area (Å²) < 4.78 is 12.0. The maximum absolute atomic E-state index is 8.36. The molecule has 30 heavy (non-hydrogen) atoms. The fraction of sp³-hybridized carbons (Fsp3) is 0.480. The molecule has 1 heterocycles. The van der Waals surface area contributed by atoms with Crippen LogP contribution in [0.3, 0.4) is 0 Å². The number of hydrogen-bond donors (Lipinski definition) is 1. The van der Waals surface area contributed by atoms with Gasteiger partial charge in [-0.1, -0.05) is 55.0 Å². The highest BCUT2D eigenvalue weighted by atomic mass is 16.5. The standard InChI is InChI=1S/C24H31NO2.CH2O2/c1-26-23-13-7-14-24(23)15-8-16-25(19-24)17-21-11-5-6-12-22(21)27-18-20-9-3-2-4-10-20;2-1-3/h2-6,9-12,23H,7-8,13-19H2,1H3;1H,(H,2,3)/t23-,24+;/m1./s1. The van der Waals surface area contributed by atoms with Crippen LogP contribution in [0, 0.1) is 5.41 Å². The van der Waals surface area contributed by atoms with Gasteiger partial charge in [0.1, 0.15) is 12.4 Å². The first-order valence-electron chi connectivity index (χ1n) is 10.8. The summed E-state index contributed by atoms with van der Waals surface area (Å²) in [4.78, 5) is 11.0. The van der Waals surface area contributed by atoms with Gasteiger partial charge in [-0.15, -0.1) is 0 Å². The number of piperidine rings is 1. The fourth-order valence-corrected chi connectivity index (χ4v) is 5.09. The lowest BCUT2D eigenvalue weighted by Crippen LogP contribution is -2.47. The van der Waals surface area contributed by atoms with Crippen LogP contribution in [0.1, 0.15) is 43.2 Å². The van der Waals surface area contributed by atoms with Crippen molar-refractivity contribution in [1.82, 2.24) is 4.90 Å². The predicted molar refractivity (Wildman–Crippen MR) is 118 cm³/mol. The van der Waals surface area contributed by atoms with E-state index in [1.165, 1.54) is 49.8 Å². The van der Waals surface area contributed by atoms with Gasteiger partial charge in [-0.25, -0.2) is 0 Å². The normalized spacial score (nSPS) is 23.6. The Balaban J connectivity index is 0.000000806. The highest BCUT2D eigenvalue weighted by Gasteiger charge is 2.45. The van der Waals surface area contributed by atoms with E-state index in [0.29, 0.717) is 18.1 Å². The smallest absolute Gasteiger partial charge is 0.290 e. The molecular weight excluding hydrogens is 378 g/mol. The molecule has 1 saturated heterocycles. The second-order valence-electron chi connectivity index (χ2n) is 8.28. The molecule has 1 aliphatic heterocycles. The van der Waals surface area contributed by atoms with Crippen LogP contribution in [-0.4, -0.2) is 42.8 Å². The van der Waals surface area contributed by atoms with E-state index in [0.717, 1.165) is 18.8 Å². The van der Waals surface area contributed by atoms with Gasteiger partial charge in [-0.05, 0) is 43.9 Å². The third-order valence-corrected chi connectivity index (χ3v) is 6.40. The van der Waals surface area contributed by atoms with Crippen LogP contribution >= 0.6 is 0 Å². The summed E-state index contributed by atoms with van der Waals surface area (Å²) in [5, 5.41) is 6.89. The Hall–Kier alpha value is -2.37. The zero-order valence-electron chi connectivity index (χ0n) is 17.8. The number of nitrogens with zero attached hydrogens (tertiary/aromatic N) is 1. The topological polar surface area (TPSA) is 59.0 Å². The minimum absolute atomic E-state index is 0.250. The number of methoxy groups -OCH3 is 1. The largest absolute Gasteiger partial charge is 0.489 e. The molecule has 1 saturated carbocycles. The van der Waals surface area contributed by atoms with Crippen LogP contribution in [-0.2, 0) is 22.7 Å². The molecule has 2 fully saturated rings. The van der Waals surface area contributed by atoms with E-state index < -0.39 is 0 Å². The predicted octanol–water partition coefficient (Wildman–Crippen LogP) is 4.75. The third kappa shape index (κ3) is 5.61. The lowest BCUT2D eigenvalue weighted by molar-refractivity contribution is -0.122. The van der Waals surface area contributed by atoms with Crippen LogP contribution in [0.25, 0.3) is 0 Å². The van der Waals surface area contributed by atoms with Crippen molar-refractivity contribution >= 4 is 6.47 Å². The molecule has 5 heteroatoms. The molecule has 2 aromatic rings. The Labute approximate surface area is 179 Å². The Morgan fingerprint density at radius 1 is 1.10 bits per heavy atom. The lowest BCUT2D eigenvalue weighted by Gasteiger charge is -2.43. The molecule has 0 amide bonds. The van der Waals surface area contributed by atoms with E-state index in [-0.39, 0.29) is 6.47 Å². The summed E-state index contributed by atoms with van der Waals surface area (Å²) >= 11 is 0. The van der Waals surface area contributed by atoms with Gasteiger partial charge >= 0.3 is 0 Å². The molecule has 4 rings (SSSR count). The van der Waals surface area contributed by atoms with Crippen LogP contribution in [0.4, 0.5) is 0 Å². The molecule has 0 aromatic heterocycles. The number of carbonyl (C=O) groups is 1. The molecule has 162 valence electrons. The van der Waals surface area contributed by atoms with Crippen molar-refractivity contribution in [2.24, 2.45) is 5.41 Å². The Kier molecular flexibility index (Phi) is 8.29. The quantitative estimate of drug-likeness (QED) is 0.695. The van der Waals surface area contributed by atoms with Crippen molar-refractivity contribution < 1.29 is 19.4 Å². The number of ether oxygens (including phenoxy) is 2. The van der Waals surface area contributed by atoms with E-state index in [9.17, 15) is 0 Å². The molecule has 0 unspecified atom stereocenters. The lowest BCUT2D eigenvalue weighted by atomic mass is 9.76. The molecule has 1 aliphatic carbocycles. The van der Waals surface area contributed by atoms with Crippen LogP contribution in [0.5, 0.6) is 5.75 Å². The van der Waals surface area contributed by atoms with Gasteiger partial charge in [0, 0.05) is 31.2 Å². The molecule has 2 atom stereocenters. The number of benzene rings is 2. The fourth-order valence-electron chi connectivity index (χ4n) is 5.09. The summed E-state index contributed by atoms with van der Waals surface area (Å²) in [5.41, 5.74) is 2.86. The summed E-state index contributed by atoms with van der Waals surface area (Å²) in [7, 11) is 1.89. The first-order chi connectivity index (χ1) is 14.7. The van der Waals surface area contributed by atoms with Gasteiger partial charge in [0.15, 0.2) is 0 Å². The zero-order chi connectivity index (χ0) is 21.2. The summed E-state index contributed by atoms with van der Waals surface area (Å²) in [6.07, 6.45) is 6.87. The summed E-state index contributed by atoms with van der Waals surface area (Å²) in [6.45, 7) is 3.65. The third-order valence-electron chi connectivity index (χ3n) is 6.40. The maximum Gasteiger partial charge on any atom is 0.290 e. The van der Waals surface area contributed by atoms with Gasteiger partial charge in [-0.2, -0.15) is 0 Å². The van der Waals surface area contributed by atoms with Crippen LogP contribution in [0.15, 0.2) is 54.6 Å². The molecule has 0 radical (unpaired) electrons. The molecule has 2 aliphatic rings. The van der Waals surface area contributed by atoms with E-state index in [1.807, 2.05) is 13.2 Å². The second-order valence-corrected chi connectivity index (χ2v) is 8.28. The van der Waals surface area contributed by atoms with Gasteiger partial charge in [-0.3, -0.25) is 9.69 Å². The summed E-state index contributed by atoms with van der Waals surface area (Å²) in [6, 6.07) is 18.9. The maximum atomic E-state index is 8.36. The van der Waals surface area contributed by atoms with E-state index in [4.69, 9.17) is 19.4 Å². The molecule has 5 nitrogen and oxygen atoms in total. The Bertz CT molecular complexity index is 782. The molecule has 1 spiro atoms. The number of likely N-dealkylation sites (tertiary alicyclic amines) is 1. The summed E-state index contributed by atoms with van der Waals surface area (Å²) in [5.74, 6) is 1.01. The van der Waals surface area contributed by atoms with Gasteiger partial charge in [0.05, 0.1) is 6.10 Å². The van der Waals surface area contributed by atoms with Crippen molar-refractivity contribution in [3.63, 3.8) is 0 Å². The first-order valence-corrected chi connectivity index (χ1v) is 10.8. The first kappa shape index (κ1) is 22.3.